The number of hydrogen-bond donors (Lipinski definition) is 0. The van der Waals surface area contributed by atoms with Crippen LogP contribution >= 0.6 is 11.6 Å². The fraction of sp³-hybridized carbons (Fsp3) is 0.440. The smallest absolute Gasteiger partial charge is 0.183 e. The van der Waals surface area contributed by atoms with E-state index in [1.165, 1.54) is 12.4 Å². The quantitative estimate of drug-likeness (QED) is 0.300. The molecule has 0 bridgehead atoms. The normalized spacial score (nSPS) is 16.5. The van der Waals surface area contributed by atoms with Gasteiger partial charge in [-0.2, -0.15) is 0 Å². The number of pyridine rings is 1. The monoisotopic (exact) mass is 541 g/mol. The van der Waals surface area contributed by atoms with Gasteiger partial charge in [-0.15, -0.1) is 10.2 Å². The average molecular weight is 542 g/mol. The molecule has 0 saturated heterocycles. The van der Waals surface area contributed by atoms with Gasteiger partial charge < -0.3 is 9.09 Å². The molecule has 3 atom stereocenters. The van der Waals surface area contributed by atoms with Crippen LogP contribution in [0.2, 0.25) is 5.02 Å². The van der Waals surface area contributed by atoms with Gasteiger partial charge in [0.25, 0.3) is 0 Å². The highest BCUT2D eigenvalue weighted by Crippen LogP contribution is 2.46. The van der Waals surface area contributed by atoms with Crippen LogP contribution in [-0.4, -0.2) is 48.5 Å². The summed E-state index contributed by atoms with van der Waals surface area (Å²) in [5, 5.41) is 12.6. The van der Waals surface area contributed by atoms with Crippen molar-refractivity contribution in [3.8, 4) is 11.5 Å². The minimum atomic E-state index is -3.68. The van der Waals surface area contributed by atoms with Crippen molar-refractivity contribution in [2.45, 2.75) is 63.5 Å². The Balaban J connectivity index is 1.57. The SMILES string of the molecule is Cc1cccc(-c2nnc(CS(=O)(=O)[C@@H](C)[C@H](C)c3ncc(Cl)cn3)n2[C@H](c2conc2C)C2CC2)n1. The Bertz CT molecular complexity index is 1510. The van der Waals surface area contributed by atoms with E-state index < -0.39 is 21.0 Å². The molecule has 4 aromatic heterocycles. The van der Waals surface area contributed by atoms with Gasteiger partial charge in [-0.25, -0.2) is 23.4 Å². The molecule has 1 aliphatic rings. The highest BCUT2D eigenvalue weighted by Gasteiger charge is 2.40. The second-order valence-corrected chi connectivity index (χ2v) is 12.5. The van der Waals surface area contributed by atoms with E-state index in [0.717, 1.165) is 29.8 Å². The second kappa shape index (κ2) is 9.94. The molecule has 4 heterocycles. The lowest BCUT2D eigenvalue weighted by molar-refractivity contribution is 0.411. The van der Waals surface area contributed by atoms with E-state index in [9.17, 15) is 8.42 Å². The second-order valence-electron chi connectivity index (χ2n) is 9.67. The van der Waals surface area contributed by atoms with Gasteiger partial charge in [0.2, 0.25) is 0 Å². The van der Waals surface area contributed by atoms with E-state index in [1.807, 2.05) is 36.6 Å². The molecule has 0 aliphatic heterocycles. The van der Waals surface area contributed by atoms with Gasteiger partial charge in [-0.3, -0.25) is 0 Å². The number of aromatic nitrogens is 7. The van der Waals surface area contributed by atoms with Gasteiger partial charge in [0.1, 0.15) is 29.4 Å². The maximum Gasteiger partial charge on any atom is 0.183 e. The minimum Gasteiger partial charge on any atom is -0.364 e. The topological polar surface area (TPSA) is 130 Å². The van der Waals surface area contributed by atoms with Crippen LogP contribution < -0.4 is 0 Å². The molecule has 0 aromatic carbocycles. The van der Waals surface area contributed by atoms with Crippen molar-refractivity contribution in [1.82, 2.24) is 34.9 Å². The van der Waals surface area contributed by atoms with Crippen molar-refractivity contribution in [3.63, 3.8) is 0 Å². The van der Waals surface area contributed by atoms with Gasteiger partial charge >= 0.3 is 0 Å². The maximum atomic E-state index is 13.7. The number of aryl methyl sites for hydroxylation is 2. The third-order valence-electron chi connectivity index (χ3n) is 6.98. The van der Waals surface area contributed by atoms with E-state index in [-0.39, 0.29) is 17.7 Å². The zero-order chi connectivity index (χ0) is 26.3. The highest BCUT2D eigenvalue weighted by atomic mass is 35.5. The summed E-state index contributed by atoms with van der Waals surface area (Å²) in [6, 6.07) is 5.45. The van der Waals surface area contributed by atoms with Crippen molar-refractivity contribution in [2.75, 3.05) is 0 Å². The molecule has 5 rings (SSSR count). The molecule has 37 heavy (non-hydrogen) atoms. The Kier molecular flexibility index (Phi) is 6.84. The molecule has 0 spiro atoms. The zero-order valence-electron chi connectivity index (χ0n) is 21.0. The van der Waals surface area contributed by atoms with Crippen molar-refractivity contribution in [3.05, 3.63) is 70.5 Å². The first-order valence-corrected chi connectivity index (χ1v) is 14.2. The zero-order valence-corrected chi connectivity index (χ0v) is 22.6. The first kappa shape index (κ1) is 25.5. The lowest BCUT2D eigenvalue weighted by Gasteiger charge is -2.23. The van der Waals surface area contributed by atoms with Crippen molar-refractivity contribution < 1.29 is 12.9 Å². The van der Waals surface area contributed by atoms with Crippen molar-refractivity contribution in [2.24, 2.45) is 5.92 Å². The van der Waals surface area contributed by atoms with Crippen LogP contribution in [-0.2, 0) is 15.6 Å². The van der Waals surface area contributed by atoms with Gasteiger partial charge in [0.15, 0.2) is 15.7 Å². The first-order valence-electron chi connectivity index (χ1n) is 12.1. The van der Waals surface area contributed by atoms with Crippen LogP contribution in [0.3, 0.4) is 0 Å². The predicted molar refractivity (Wildman–Crippen MR) is 138 cm³/mol. The average Bonchev–Trinajstić information content (AvgIpc) is 3.50. The number of halogens is 1. The van der Waals surface area contributed by atoms with E-state index in [4.69, 9.17) is 16.1 Å². The van der Waals surface area contributed by atoms with Crippen LogP contribution in [0.25, 0.3) is 11.5 Å². The van der Waals surface area contributed by atoms with Crippen LogP contribution in [0.1, 0.15) is 67.2 Å². The number of hydrogen-bond acceptors (Lipinski definition) is 9. The highest BCUT2D eigenvalue weighted by molar-refractivity contribution is 7.91. The number of nitrogens with zero attached hydrogens (tertiary/aromatic N) is 7. The van der Waals surface area contributed by atoms with Gasteiger partial charge in [-0.1, -0.05) is 29.7 Å². The molecule has 1 aliphatic carbocycles. The molecule has 0 radical (unpaired) electrons. The molecule has 10 nitrogen and oxygen atoms in total. The molecule has 0 unspecified atom stereocenters. The number of sulfone groups is 1. The summed E-state index contributed by atoms with van der Waals surface area (Å²) in [6.45, 7) is 7.26. The Labute approximate surface area is 220 Å². The fourth-order valence-electron chi connectivity index (χ4n) is 4.55. The molecule has 1 fully saturated rings. The third-order valence-corrected chi connectivity index (χ3v) is 9.38. The van der Waals surface area contributed by atoms with Crippen molar-refractivity contribution >= 4 is 21.4 Å². The van der Waals surface area contributed by atoms with Gasteiger partial charge in [0.05, 0.1) is 22.0 Å². The molecule has 12 heteroatoms. The Morgan fingerprint density at radius 1 is 1.14 bits per heavy atom. The Morgan fingerprint density at radius 2 is 1.86 bits per heavy atom. The van der Waals surface area contributed by atoms with Crippen LogP contribution in [0, 0.1) is 19.8 Å². The molecule has 4 aromatic rings. The summed E-state index contributed by atoms with van der Waals surface area (Å²) in [7, 11) is -3.68. The lowest BCUT2D eigenvalue weighted by atomic mass is 10.0. The largest absolute Gasteiger partial charge is 0.364 e. The Morgan fingerprint density at radius 3 is 2.49 bits per heavy atom. The summed E-state index contributed by atoms with van der Waals surface area (Å²) < 4.78 is 34.6. The van der Waals surface area contributed by atoms with Gasteiger partial charge in [-0.05, 0) is 51.7 Å². The molecular formula is C25H28ClN7O3S. The molecular weight excluding hydrogens is 514 g/mol. The maximum absolute atomic E-state index is 13.7. The predicted octanol–water partition coefficient (Wildman–Crippen LogP) is 4.49. The Hall–Kier alpha value is -3.18. The van der Waals surface area contributed by atoms with Gasteiger partial charge in [0, 0.05) is 29.6 Å². The van der Waals surface area contributed by atoms with Crippen LogP contribution in [0.4, 0.5) is 0 Å². The molecule has 0 N–H and O–H groups in total. The summed E-state index contributed by atoms with van der Waals surface area (Å²) in [4.78, 5) is 13.1. The lowest BCUT2D eigenvalue weighted by Crippen LogP contribution is -2.28. The third kappa shape index (κ3) is 5.15. The first-order chi connectivity index (χ1) is 17.7. The minimum absolute atomic E-state index is 0.212. The fourth-order valence-corrected chi connectivity index (χ4v) is 6.21. The summed E-state index contributed by atoms with van der Waals surface area (Å²) in [5.74, 6) is 0.843. The number of rotatable bonds is 9. The summed E-state index contributed by atoms with van der Waals surface area (Å²) >= 11 is 5.91. The summed E-state index contributed by atoms with van der Waals surface area (Å²) in [6.07, 6.45) is 6.58. The van der Waals surface area contributed by atoms with Crippen LogP contribution in [0.5, 0.6) is 0 Å². The standard InChI is InChI=1S/C25H28ClN7O3S/c1-14-6-5-7-21(29-14)25-31-30-22(33(25)23(18-8-9-18)20-12-36-32-16(20)3)13-37(34,35)17(4)15(2)24-27-10-19(26)11-28-24/h5-7,10-12,15,17-18,23H,8-9,13H2,1-4H3/t15-,17-,23-/m0/s1. The van der Waals surface area contributed by atoms with Crippen molar-refractivity contribution in [1.29, 1.82) is 0 Å². The van der Waals surface area contributed by atoms with E-state index in [1.54, 1.807) is 20.1 Å². The molecule has 194 valence electrons. The van der Waals surface area contributed by atoms with Crippen LogP contribution in [0.15, 0.2) is 41.4 Å². The summed E-state index contributed by atoms with van der Waals surface area (Å²) in [5.41, 5.74) is 3.11. The molecule has 1 saturated carbocycles. The van der Waals surface area contributed by atoms with E-state index in [0.29, 0.717) is 28.2 Å². The molecule has 0 amide bonds. The van der Waals surface area contributed by atoms with E-state index in [2.05, 4.69) is 30.3 Å². The van der Waals surface area contributed by atoms with E-state index >= 15 is 0 Å².